The van der Waals surface area contributed by atoms with Crippen LogP contribution in [-0.4, -0.2) is 65.4 Å². The first-order valence-electron chi connectivity index (χ1n) is 18.9. The highest BCUT2D eigenvalue weighted by molar-refractivity contribution is 7.92. The van der Waals surface area contributed by atoms with E-state index in [4.69, 9.17) is 25.8 Å². The molecule has 1 fully saturated rings. The molecular formula is C41H49ClN4O6S. The lowest BCUT2D eigenvalue weighted by Crippen LogP contribution is -2.49. The van der Waals surface area contributed by atoms with Gasteiger partial charge in [0.15, 0.2) is 0 Å². The average Bonchev–Trinajstić information content (AvgIpc) is 3.48. The van der Waals surface area contributed by atoms with E-state index in [2.05, 4.69) is 38.3 Å². The molecule has 1 saturated carbocycles. The lowest BCUT2D eigenvalue weighted by Gasteiger charge is -2.46. The number of anilines is 1. The van der Waals surface area contributed by atoms with Crippen LogP contribution in [-0.2, 0) is 44.4 Å². The maximum atomic E-state index is 14.7. The highest BCUT2D eigenvalue weighted by atomic mass is 35.5. The monoisotopic (exact) mass is 760 g/mol. The van der Waals surface area contributed by atoms with Crippen LogP contribution >= 0.6 is 11.6 Å². The molecule has 2 bridgehead atoms. The maximum absolute atomic E-state index is 14.7. The molecule has 1 aromatic heterocycles. The van der Waals surface area contributed by atoms with E-state index in [1.165, 1.54) is 11.1 Å². The number of methoxy groups -OCH3 is 1. The minimum Gasteiger partial charge on any atom is -0.490 e. The molecule has 2 aliphatic carbocycles. The molecule has 1 unspecified atom stereocenters. The second-order valence-electron chi connectivity index (χ2n) is 15.9. The number of fused-ring (bicyclic) bond motifs is 5. The number of halogens is 1. The van der Waals surface area contributed by atoms with Gasteiger partial charge in [-0.15, -0.1) is 4.36 Å². The van der Waals surface area contributed by atoms with Crippen molar-refractivity contribution in [1.82, 2.24) is 9.29 Å². The number of ether oxygens (including phenoxy) is 3. The van der Waals surface area contributed by atoms with Crippen molar-refractivity contribution in [2.75, 3.05) is 37.5 Å². The molecule has 282 valence electrons. The van der Waals surface area contributed by atoms with Gasteiger partial charge in [-0.3, -0.25) is 14.3 Å². The van der Waals surface area contributed by atoms with Gasteiger partial charge in [-0.05, 0) is 111 Å². The molecule has 7 atom stereocenters. The Bertz CT molecular complexity index is 2070. The Morgan fingerprint density at radius 2 is 2.00 bits per heavy atom. The number of aryl methyl sites for hydroxylation is 1. The van der Waals surface area contributed by atoms with Crippen molar-refractivity contribution in [3.63, 3.8) is 0 Å². The van der Waals surface area contributed by atoms with Gasteiger partial charge in [-0.1, -0.05) is 36.7 Å². The van der Waals surface area contributed by atoms with Gasteiger partial charge in [0, 0.05) is 54.6 Å². The molecule has 4 heterocycles. The fourth-order valence-electron chi connectivity index (χ4n) is 9.10. The van der Waals surface area contributed by atoms with Crippen LogP contribution in [0, 0.1) is 17.8 Å². The van der Waals surface area contributed by atoms with Crippen molar-refractivity contribution in [3.8, 4) is 5.75 Å². The Hall–Kier alpha value is -3.64. The van der Waals surface area contributed by atoms with Crippen molar-refractivity contribution in [2.24, 2.45) is 22.1 Å². The van der Waals surface area contributed by atoms with Gasteiger partial charge >= 0.3 is 0 Å². The Morgan fingerprint density at radius 3 is 2.81 bits per heavy atom. The zero-order chi connectivity index (χ0) is 36.9. The molecule has 5 aliphatic rings. The minimum atomic E-state index is -3.54. The van der Waals surface area contributed by atoms with Gasteiger partial charge in [0.05, 0.1) is 42.4 Å². The molecule has 3 aliphatic heterocycles. The normalized spacial score (nSPS) is 31.8. The van der Waals surface area contributed by atoms with Crippen LogP contribution in [0.4, 0.5) is 5.69 Å². The molecule has 1 N–H and O–H groups in total. The number of nitrogens with one attached hydrogen (secondary N) is 1. The van der Waals surface area contributed by atoms with Gasteiger partial charge in [0.25, 0.3) is 11.8 Å². The summed E-state index contributed by atoms with van der Waals surface area (Å²) >= 11 is 6.47. The Morgan fingerprint density at radius 1 is 1.13 bits per heavy atom. The summed E-state index contributed by atoms with van der Waals surface area (Å²) in [5.74, 6) is 0.134. The van der Waals surface area contributed by atoms with E-state index in [0.29, 0.717) is 54.9 Å². The summed E-state index contributed by atoms with van der Waals surface area (Å²) in [4.78, 5) is 30.2. The van der Waals surface area contributed by atoms with E-state index in [9.17, 15) is 13.8 Å². The molecule has 2 aromatic carbocycles. The Kier molecular flexibility index (Phi) is 9.97. The van der Waals surface area contributed by atoms with E-state index in [-0.39, 0.29) is 29.3 Å². The van der Waals surface area contributed by atoms with Crippen LogP contribution in [0.2, 0.25) is 5.02 Å². The number of benzene rings is 2. The van der Waals surface area contributed by atoms with Crippen molar-refractivity contribution in [3.05, 3.63) is 93.8 Å². The van der Waals surface area contributed by atoms with Crippen LogP contribution in [0.1, 0.15) is 83.5 Å². The average molecular weight is 761 g/mol. The molecule has 8 rings (SSSR count). The fraction of sp³-hybridized carbons (Fsp3) is 0.512. The number of rotatable bonds is 3. The van der Waals surface area contributed by atoms with Crippen molar-refractivity contribution in [2.45, 2.75) is 83.1 Å². The quantitative estimate of drug-likeness (QED) is 0.283. The van der Waals surface area contributed by atoms with E-state index < -0.39 is 21.7 Å². The maximum Gasteiger partial charge on any atom is 0.286 e. The van der Waals surface area contributed by atoms with Gasteiger partial charge < -0.3 is 23.7 Å². The van der Waals surface area contributed by atoms with Crippen LogP contribution < -0.4 is 14.4 Å². The number of hydrogen-bond acceptors (Lipinski definition) is 7. The number of aromatic nitrogens is 1. The zero-order valence-electron chi connectivity index (χ0n) is 30.7. The lowest BCUT2D eigenvalue weighted by atomic mass is 9.68. The van der Waals surface area contributed by atoms with Gasteiger partial charge in [-0.25, -0.2) is 4.21 Å². The Balaban J connectivity index is 1.18. The third-order valence-electron chi connectivity index (χ3n) is 12.0. The van der Waals surface area contributed by atoms with E-state index >= 15 is 0 Å². The molecule has 3 aromatic rings. The number of allylic oxidation sites excluding steroid dienone is 1. The summed E-state index contributed by atoms with van der Waals surface area (Å²) in [6.07, 6.45) is 11.7. The van der Waals surface area contributed by atoms with E-state index in [0.717, 1.165) is 61.6 Å². The lowest BCUT2D eigenvalue weighted by molar-refractivity contribution is 0.0131. The molecule has 53 heavy (non-hydrogen) atoms. The van der Waals surface area contributed by atoms with Gasteiger partial charge in [0.2, 0.25) is 0 Å². The van der Waals surface area contributed by atoms with Crippen molar-refractivity contribution in [1.29, 1.82) is 0 Å². The van der Waals surface area contributed by atoms with Gasteiger partial charge in [-0.2, -0.15) is 0 Å². The van der Waals surface area contributed by atoms with Gasteiger partial charge in [0.1, 0.15) is 15.7 Å². The van der Waals surface area contributed by atoms with E-state index in [1.807, 2.05) is 36.6 Å². The summed E-state index contributed by atoms with van der Waals surface area (Å²) < 4.78 is 42.2. The predicted molar refractivity (Wildman–Crippen MR) is 206 cm³/mol. The standard InChI is InChI=1S/C41H49ClN4O6S/c1-26-6-4-8-37(50-3)34-12-9-30(34)20-46-24-41(15-5-7-28-16-32(42)11-13-35(28)41)25-52-38-14-10-29(18-36(38)46)39(47)43-53(49,23-26)44-40(48)31-17-33-22-51-27(2)19-45(33)21-31/h4,8,10-11,13-14,16-18,21,26-27,30,34,37H,5-7,9,12,15,19-20,22-25H2,1-3H3,(H,43,44,47,48,49)/b8-4+/t26-,27+,30-,34+,37-,41-,53?/m0/s1. The molecule has 12 heteroatoms. The van der Waals surface area contributed by atoms with Crippen LogP contribution in [0.15, 0.2) is 65.2 Å². The smallest absolute Gasteiger partial charge is 0.286 e. The molecule has 0 saturated heterocycles. The van der Waals surface area contributed by atoms with Crippen molar-refractivity contribution >= 4 is 39.0 Å². The molecule has 10 nitrogen and oxygen atoms in total. The SMILES string of the molecule is CO[C@H]1/C=C/C[C@H](C)CS(=O)(NC(=O)c2cc3n(c2)C[C@@H](C)OC3)=NC(=O)c2ccc3c(c2)N(C[C@@H]2CC[C@H]21)C[C@@]1(CCCc2cc(Cl)ccc21)CO3. The van der Waals surface area contributed by atoms with Crippen LogP contribution in [0.25, 0.3) is 0 Å². The largest absolute Gasteiger partial charge is 0.490 e. The third kappa shape index (κ3) is 7.30. The molecule has 1 spiro atoms. The number of carbonyl (C=O) groups excluding carboxylic acids is 2. The second-order valence-corrected chi connectivity index (χ2v) is 18.3. The third-order valence-corrected chi connectivity index (χ3v) is 14.2. The predicted octanol–water partition coefficient (Wildman–Crippen LogP) is 7.12. The van der Waals surface area contributed by atoms with Crippen molar-refractivity contribution < 1.29 is 28.0 Å². The molecular weight excluding hydrogens is 712 g/mol. The van der Waals surface area contributed by atoms with E-state index in [1.54, 1.807) is 25.4 Å². The summed E-state index contributed by atoms with van der Waals surface area (Å²) in [7, 11) is -1.77. The first-order valence-corrected chi connectivity index (χ1v) is 21.0. The number of carbonyl (C=O) groups is 2. The Labute approximate surface area is 317 Å². The number of nitrogens with zero attached hydrogens (tertiary/aromatic N) is 3. The topological polar surface area (TPSA) is 111 Å². The van der Waals surface area contributed by atoms with Crippen LogP contribution in [0.3, 0.4) is 0 Å². The summed E-state index contributed by atoms with van der Waals surface area (Å²) in [6.45, 7) is 6.96. The highest BCUT2D eigenvalue weighted by Gasteiger charge is 2.44. The summed E-state index contributed by atoms with van der Waals surface area (Å²) in [6, 6.07) is 13.4. The first kappa shape index (κ1) is 36.3. The van der Waals surface area contributed by atoms with Crippen LogP contribution in [0.5, 0.6) is 5.75 Å². The second kappa shape index (κ2) is 14.5. The minimum absolute atomic E-state index is 0.0123. The zero-order valence-corrected chi connectivity index (χ0v) is 32.3. The molecule has 2 amide bonds. The molecule has 0 radical (unpaired) electrons. The first-order chi connectivity index (χ1) is 25.5. The number of amides is 2. The number of hydrogen-bond donors (Lipinski definition) is 1. The highest BCUT2D eigenvalue weighted by Crippen LogP contribution is 2.47. The summed E-state index contributed by atoms with van der Waals surface area (Å²) in [5.41, 5.74) is 4.64. The summed E-state index contributed by atoms with van der Waals surface area (Å²) in [5, 5.41) is 0.741. The fourth-order valence-corrected chi connectivity index (χ4v) is 11.2.